The van der Waals surface area contributed by atoms with Gasteiger partial charge in [0.2, 0.25) is 0 Å². The van der Waals surface area contributed by atoms with Gasteiger partial charge >= 0.3 is 5.97 Å². The molecule has 0 bridgehead atoms. The van der Waals surface area contributed by atoms with E-state index >= 15 is 0 Å². The molecule has 1 amide bonds. The summed E-state index contributed by atoms with van der Waals surface area (Å²) in [5.41, 5.74) is 1.08. The summed E-state index contributed by atoms with van der Waals surface area (Å²) < 4.78 is 5.29. The van der Waals surface area contributed by atoms with Crippen LogP contribution in [0.4, 0.5) is 0 Å². The van der Waals surface area contributed by atoms with Gasteiger partial charge in [0.25, 0.3) is 5.91 Å². The number of benzene rings is 1. The number of hydrogen-bond donors (Lipinski definition) is 1. The molecule has 1 saturated heterocycles. The van der Waals surface area contributed by atoms with Crippen LogP contribution in [0.1, 0.15) is 16.9 Å². The summed E-state index contributed by atoms with van der Waals surface area (Å²) in [6.45, 7) is 1.03. The van der Waals surface area contributed by atoms with E-state index in [0.717, 1.165) is 10.9 Å². The lowest BCUT2D eigenvalue weighted by atomic mass is 10.1. The van der Waals surface area contributed by atoms with Crippen molar-refractivity contribution in [3.8, 4) is 0 Å². The fourth-order valence-corrected chi connectivity index (χ4v) is 2.63. The lowest BCUT2D eigenvalue weighted by Gasteiger charge is -2.34. The van der Waals surface area contributed by atoms with Crippen molar-refractivity contribution in [2.75, 3.05) is 19.8 Å². The monoisotopic (exact) mass is 300 g/mol. The Kier molecular flexibility index (Phi) is 4.02. The molecule has 2 aromatic rings. The lowest BCUT2D eigenvalue weighted by Crippen LogP contribution is -2.49. The molecule has 114 valence electrons. The minimum absolute atomic E-state index is 0.126. The van der Waals surface area contributed by atoms with Gasteiger partial charge in [0.05, 0.1) is 31.2 Å². The number of aliphatic carboxylic acids is 1. The highest BCUT2D eigenvalue weighted by molar-refractivity contribution is 5.95. The number of amides is 1. The summed E-state index contributed by atoms with van der Waals surface area (Å²) in [4.78, 5) is 29.5. The van der Waals surface area contributed by atoms with Crippen molar-refractivity contribution < 1.29 is 19.4 Å². The van der Waals surface area contributed by atoms with Crippen molar-refractivity contribution in [3.05, 3.63) is 42.1 Å². The molecule has 2 heterocycles. The first-order valence-electron chi connectivity index (χ1n) is 7.11. The maximum atomic E-state index is 12.7. The highest BCUT2D eigenvalue weighted by atomic mass is 16.5. The SMILES string of the molecule is O=C(O)CC1COCCN1C(=O)c1ccc2ccccc2n1. The van der Waals surface area contributed by atoms with Gasteiger partial charge in [-0.3, -0.25) is 9.59 Å². The van der Waals surface area contributed by atoms with Crippen LogP contribution in [0.2, 0.25) is 0 Å². The number of rotatable bonds is 3. The van der Waals surface area contributed by atoms with Crippen LogP contribution in [0.15, 0.2) is 36.4 Å². The Morgan fingerprint density at radius 2 is 2.09 bits per heavy atom. The molecule has 0 spiro atoms. The molecule has 0 radical (unpaired) electrons. The van der Waals surface area contributed by atoms with E-state index in [9.17, 15) is 9.59 Å². The van der Waals surface area contributed by atoms with Crippen LogP contribution in [0.25, 0.3) is 10.9 Å². The number of nitrogens with zero attached hydrogens (tertiary/aromatic N) is 2. The van der Waals surface area contributed by atoms with Gasteiger partial charge in [0.15, 0.2) is 0 Å². The number of aromatic nitrogens is 1. The number of hydrogen-bond acceptors (Lipinski definition) is 4. The Labute approximate surface area is 127 Å². The number of carboxylic acids is 1. The molecule has 0 saturated carbocycles. The molecule has 1 atom stereocenters. The Morgan fingerprint density at radius 3 is 2.91 bits per heavy atom. The smallest absolute Gasteiger partial charge is 0.305 e. The van der Waals surface area contributed by atoms with Crippen LogP contribution in [0.3, 0.4) is 0 Å². The van der Waals surface area contributed by atoms with Crippen molar-refractivity contribution in [2.24, 2.45) is 0 Å². The van der Waals surface area contributed by atoms with E-state index in [-0.39, 0.29) is 18.9 Å². The van der Waals surface area contributed by atoms with Gasteiger partial charge in [0.1, 0.15) is 5.69 Å². The van der Waals surface area contributed by atoms with Crippen molar-refractivity contribution in [1.82, 2.24) is 9.88 Å². The maximum Gasteiger partial charge on any atom is 0.305 e. The third-order valence-electron chi connectivity index (χ3n) is 3.72. The van der Waals surface area contributed by atoms with E-state index in [1.807, 2.05) is 30.3 Å². The number of carbonyl (C=O) groups is 2. The topological polar surface area (TPSA) is 79.7 Å². The number of ether oxygens (including phenoxy) is 1. The Morgan fingerprint density at radius 1 is 1.27 bits per heavy atom. The minimum atomic E-state index is -0.945. The Bertz CT molecular complexity index is 716. The van der Waals surface area contributed by atoms with E-state index < -0.39 is 12.0 Å². The molecule has 6 heteroatoms. The van der Waals surface area contributed by atoms with E-state index in [2.05, 4.69) is 4.98 Å². The molecule has 1 aromatic heterocycles. The second-order valence-corrected chi connectivity index (χ2v) is 5.21. The fourth-order valence-electron chi connectivity index (χ4n) is 2.63. The molecular weight excluding hydrogens is 284 g/mol. The predicted molar refractivity (Wildman–Crippen MR) is 79.6 cm³/mol. The molecule has 1 fully saturated rings. The van der Waals surface area contributed by atoms with Crippen molar-refractivity contribution >= 4 is 22.8 Å². The normalized spacial score (nSPS) is 18.4. The highest BCUT2D eigenvalue weighted by Crippen LogP contribution is 2.17. The second kappa shape index (κ2) is 6.11. The van der Waals surface area contributed by atoms with Crippen LogP contribution < -0.4 is 0 Å². The Hall–Kier alpha value is -2.47. The van der Waals surface area contributed by atoms with Crippen molar-refractivity contribution in [2.45, 2.75) is 12.5 Å². The van der Waals surface area contributed by atoms with Crippen LogP contribution in [0.5, 0.6) is 0 Å². The summed E-state index contributed by atoms with van der Waals surface area (Å²) in [5, 5.41) is 9.93. The number of carboxylic acid groups (broad SMARTS) is 1. The molecule has 1 unspecified atom stereocenters. The quantitative estimate of drug-likeness (QED) is 0.930. The highest BCUT2D eigenvalue weighted by Gasteiger charge is 2.30. The first-order chi connectivity index (χ1) is 10.6. The molecule has 1 aliphatic rings. The zero-order valence-corrected chi connectivity index (χ0v) is 11.9. The molecule has 1 aliphatic heterocycles. The molecular formula is C16H16N2O4. The average molecular weight is 300 g/mol. The third-order valence-corrected chi connectivity index (χ3v) is 3.72. The standard InChI is InChI=1S/C16H16N2O4/c19-15(20)9-12-10-22-8-7-18(12)16(21)14-6-5-11-3-1-2-4-13(11)17-14/h1-6,12H,7-10H2,(H,19,20). The van der Waals surface area contributed by atoms with Crippen LogP contribution >= 0.6 is 0 Å². The summed E-state index contributed by atoms with van der Waals surface area (Å²) in [5.74, 6) is -1.19. The molecule has 0 aliphatic carbocycles. The molecule has 6 nitrogen and oxygen atoms in total. The van der Waals surface area contributed by atoms with E-state index in [1.54, 1.807) is 11.0 Å². The summed E-state index contributed by atoms with van der Waals surface area (Å²) in [6, 6.07) is 10.6. The van der Waals surface area contributed by atoms with E-state index in [0.29, 0.717) is 18.8 Å². The third kappa shape index (κ3) is 2.92. The zero-order chi connectivity index (χ0) is 15.5. The van der Waals surface area contributed by atoms with E-state index in [4.69, 9.17) is 9.84 Å². The van der Waals surface area contributed by atoms with Crippen LogP contribution in [-0.4, -0.2) is 52.7 Å². The maximum absolute atomic E-state index is 12.7. The van der Waals surface area contributed by atoms with Gasteiger partial charge in [0, 0.05) is 11.9 Å². The number of para-hydroxylation sites is 1. The number of carbonyl (C=O) groups excluding carboxylic acids is 1. The van der Waals surface area contributed by atoms with Crippen molar-refractivity contribution in [1.29, 1.82) is 0 Å². The summed E-state index contributed by atoms with van der Waals surface area (Å²) in [7, 11) is 0. The minimum Gasteiger partial charge on any atom is -0.481 e. The van der Waals surface area contributed by atoms with Gasteiger partial charge in [-0.2, -0.15) is 0 Å². The number of fused-ring (bicyclic) bond motifs is 1. The van der Waals surface area contributed by atoms with Crippen LogP contribution in [0, 0.1) is 0 Å². The molecule has 22 heavy (non-hydrogen) atoms. The number of morpholine rings is 1. The average Bonchev–Trinajstić information content (AvgIpc) is 2.54. The fraction of sp³-hybridized carbons (Fsp3) is 0.312. The predicted octanol–water partition coefficient (Wildman–Crippen LogP) is 1.55. The first-order valence-corrected chi connectivity index (χ1v) is 7.11. The van der Waals surface area contributed by atoms with Crippen LogP contribution in [-0.2, 0) is 9.53 Å². The van der Waals surface area contributed by atoms with Gasteiger partial charge in [-0.1, -0.05) is 24.3 Å². The van der Waals surface area contributed by atoms with Gasteiger partial charge in [-0.25, -0.2) is 4.98 Å². The lowest BCUT2D eigenvalue weighted by molar-refractivity contribution is -0.139. The largest absolute Gasteiger partial charge is 0.481 e. The Balaban J connectivity index is 1.87. The van der Waals surface area contributed by atoms with Gasteiger partial charge < -0.3 is 14.7 Å². The second-order valence-electron chi connectivity index (χ2n) is 5.21. The first kappa shape index (κ1) is 14.5. The van der Waals surface area contributed by atoms with Gasteiger partial charge in [-0.15, -0.1) is 0 Å². The molecule has 1 aromatic carbocycles. The van der Waals surface area contributed by atoms with Gasteiger partial charge in [-0.05, 0) is 12.1 Å². The zero-order valence-electron chi connectivity index (χ0n) is 11.9. The van der Waals surface area contributed by atoms with E-state index in [1.165, 1.54) is 0 Å². The summed E-state index contributed by atoms with van der Waals surface area (Å²) >= 11 is 0. The molecule has 1 N–H and O–H groups in total. The molecule has 3 rings (SSSR count). The summed E-state index contributed by atoms with van der Waals surface area (Å²) in [6.07, 6.45) is -0.126. The van der Waals surface area contributed by atoms with Crippen molar-refractivity contribution in [3.63, 3.8) is 0 Å². The number of pyridine rings is 1.